The Labute approximate surface area is 146 Å². The van der Waals surface area contributed by atoms with Gasteiger partial charge < -0.3 is 20.5 Å². The van der Waals surface area contributed by atoms with Gasteiger partial charge in [0.1, 0.15) is 11.5 Å². The fraction of sp³-hybridized carbons (Fsp3) is 0.263. The number of amides is 2. The van der Waals surface area contributed by atoms with E-state index in [9.17, 15) is 9.59 Å². The summed E-state index contributed by atoms with van der Waals surface area (Å²) >= 11 is 0. The van der Waals surface area contributed by atoms with Crippen molar-refractivity contribution in [1.29, 1.82) is 0 Å². The topological polar surface area (TPSA) is 90.7 Å². The molecule has 25 heavy (non-hydrogen) atoms. The van der Waals surface area contributed by atoms with E-state index in [1.165, 1.54) is 19.2 Å². The third kappa shape index (κ3) is 5.24. The molecule has 0 fully saturated rings. The summed E-state index contributed by atoms with van der Waals surface area (Å²) in [6, 6.07) is 14.5. The van der Waals surface area contributed by atoms with E-state index >= 15 is 0 Å². The van der Waals surface area contributed by atoms with Gasteiger partial charge in [-0.05, 0) is 31.0 Å². The van der Waals surface area contributed by atoms with Gasteiger partial charge in [-0.1, -0.05) is 30.3 Å². The van der Waals surface area contributed by atoms with Crippen molar-refractivity contribution in [1.82, 2.24) is 5.32 Å². The van der Waals surface area contributed by atoms with Gasteiger partial charge in [0.05, 0.1) is 12.7 Å². The summed E-state index contributed by atoms with van der Waals surface area (Å²) in [6.07, 6.45) is -0.0497. The first-order valence-corrected chi connectivity index (χ1v) is 7.97. The summed E-state index contributed by atoms with van der Waals surface area (Å²) in [7, 11) is 1.50. The molecular weight excluding hydrogens is 320 g/mol. The van der Waals surface area contributed by atoms with Crippen LogP contribution in [0.3, 0.4) is 0 Å². The lowest BCUT2D eigenvalue weighted by molar-refractivity contribution is -0.127. The largest absolute Gasteiger partial charge is 0.497 e. The molecule has 0 bridgehead atoms. The number of carbonyl (C=O) groups excluding carboxylic acids is 2. The van der Waals surface area contributed by atoms with E-state index in [1.54, 1.807) is 13.0 Å². The van der Waals surface area contributed by atoms with Gasteiger partial charge in [0.25, 0.3) is 11.8 Å². The predicted molar refractivity (Wildman–Crippen MR) is 94.8 cm³/mol. The molecule has 0 heterocycles. The van der Waals surface area contributed by atoms with Gasteiger partial charge in [0.15, 0.2) is 6.10 Å². The minimum absolute atomic E-state index is 0.199. The molecular formula is C19H22N2O4. The van der Waals surface area contributed by atoms with Crippen LogP contribution in [0.1, 0.15) is 22.8 Å². The highest BCUT2D eigenvalue weighted by Crippen LogP contribution is 2.25. The Kier molecular flexibility index (Phi) is 6.39. The summed E-state index contributed by atoms with van der Waals surface area (Å²) in [5.74, 6) is -0.169. The van der Waals surface area contributed by atoms with Crippen LogP contribution in [0.2, 0.25) is 0 Å². The summed E-state index contributed by atoms with van der Waals surface area (Å²) in [4.78, 5) is 23.7. The molecule has 2 rings (SSSR count). The lowest BCUT2D eigenvalue weighted by Gasteiger charge is -2.17. The Morgan fingerprint density at radius 1 is 1.16 bits per heavy atom. The third-order valence-corrected chi connectivity index (χ3v) is 3.68. The number of hydrogen-bond donors (Lipinski definition) is 2. The van der Waals surface area contributed by atoms with Crippen LogP contribution >= 0.6 is 0 Å². The highest BCUT2D eigenvalue weighted by Gasteiger charge is 2.18. The summed E-state index contributed by atoms with van der Waals surface area (Å²) < 4.78 is 10.7. The molecule has 1 atom stereocenters. The predicted octanol–water partition coefficient (Wildman–Crippen LogP) is 1.92. The zero-order valence-corrected chi connectivity index (χ0v) is 14.3. The van der Waals surface area contributed by atoms with E-state index < -0.39 is 12.0 Å². The summed E-state index contributed by atoms with van der Waals surface area (Å²) in [6.45, 7) is 2.11. The van der Waals surface area contributed by atoms with Gasteiger partial charge in [-0.3, -0.25) is 9.59 Å². The lowest BCUT2D eigenvalue weighted by atomic mass is 10.1. The number of nitrogens with two attached hydrogens (primary N) is 1. The molecule has 2 amide bonds. The van der Waals surface area contributed by atoms with Crippen LogP contribution in [0.25, 0.3) is 0 Å². The number of benzene rings is 2. The second-order valence-electron chi connectivity index (χ2n) is 5.51. The van der Waals surface area contributed by atoms with Crippen molar-refractivity contribution >= 4 is 11.8 Å². The van der Waals surface area contributed by atoms with Crippen molar-refractivity contribution in [2.45, 2.75) is 19.4 Å². The van der Waals surface area contributed by atoms with E-state index in [-0.39, 0.29) is 17.2 Å². The number of hydrogen-bond acceptors (Lipinski definition) is 4. The second-order valence-corrected chi connectivity index (χ2v) is 5.51. The maximum atomic E-state index is 12.2. The lowest BCUT2D eigenvalue weighted by Crippen LogP contribution is -2.37. The standard InChI is InChI=1S/C19H22N2O4/c1-13(19(23)21-11-10-14-6-4-3-5-7-14)25-17-12-15(24-2)8-9-16(17)18(20)22/h3-9,12-13H,10-11H2,1-2H3,(H2,20,22)(H,21,23)/t13-/m1/s1. The number of primary amides is 1. The van der Waals surface area contributed by atoms with Crippen LogP contribution in [0.5, 0.6) is 11.5 Å². The van der Waals surface area contributed by atoms with Crippen molar-refractivity contribution < 1.29 is 19.1 Å². The summed E-state index contributed by atoms with van der Waals surface area (Å²) in [5.41, 5.74) is 6.68. The number of ether oxygens (including phenoxy) is 2. The maximum Gasteiger partial charge on any atom is 0.260 e. The van der Waals surface area contributed by atoms with Gasteiger partial charge >= 0.3 is 0 Å². The molecule has 6 nitrogen and oxygen atoms in total. The van der Waals surface area contributed by atoms with Crippen molar-refractivity contribution in [2.75, 3.05) is 13.7 Å². The fourth-order valence-corrected chi connectivity index (χ4v) is 2.29. The monoisotopic (exact) mass is 342 g/mol. The second kappa shape index (κ2) is 8.73. The van der Waals surface area contributed by atoms with Crippen LogP contribution in [-0.4, -0.2) is 31.6 Å². The third-order valence-electron chi connectivity index (χ3n) is 3.68. The molecule has 0 aliphatic heterocycles. The van der Waals surface area contributed by atoms with E-state index in [2.05, 4.69) is 5.32 Å². The van der Waals surface area contributed by atoms with Crippen LogP contribution < -0.4 is 20.5 Å². The highest BCUT2D eigenvalue weighted by atomic mass is 16.5. The molecule has 132 valence electrons. The van der Waals surface area contributed by atoms with E-state index in [1.807, 2.05) is 30.3 Å². The molecule has 0 spiro atoms. The highest BCUT2D eigenvalue weighted by molar-refractivity contribution is 5.96. The first-order valence-electron chi connectivity index (χ1n) is 7.97. The van der Waals surface area contributed by atoms with Crippen molar-refractivity contribution in [3.05, 3.63) is 59.7 Å². The number of rotatable bonds is 8. The Hall–Kier alpha value is -3.02. The average Bonchev–Trinajstić information content (AvgIpc) is 2.62. The molecule has 0 saturated heterocycles. The number of methoxy groups -OCH3 is 1. The Morgan fingerprint density at radius 3 is 2.52 bits per heavy atom. The van der Waals surface area contributed by atoms with Crippen LogP contribution in [-0.2, 0) is 11.2 Å². The van der Waals surface area contributed by atoms with Crippen molar-refractivity contribution in [2.24, 2.45) is 5.73 Å². The molecule has 0 aliphatic rings. The van der Waals surface area contributed by atoms with Gasteiger partial charge in [-0.25, -0.2) is 0 Å². The number of nitrogens with one attached hydrogen (secondary N) is 1. The maximum absolute atomic E-state index is 12.2. The minimum Gasteiger partial charge on any atom is -0.497 e. The minimum atomic E-state index is -0.777. The Morgan fingerprint density at radius 2 is 1.88 bits per heavy atom. The molecule has 6 heteroatoms. The first-order chi connectivity index (χ1) is 12.0. The van der Waals surface area contributed by atoms with E-state index in [0.29, 0.717) is 12.3 Å². The van der Waals surface area contributed by atoms with Crippen molar-refractivity contribution in [3.63, 3.8) is 0 Å². The molecule has 0 unspecified atom stereocenters. The van der Waals surface area contributed by atoms with Gasteiger partial charge in [0.2, 0.25) is 0 Å². The van der Waals surface area contributed by atoms with E-state index in [4.69, 9.17) is 15.2 Å². The fourth-order valence-electron chi connectivity index (χ4n) is 2.29. The first kappa shape index (κ1) is 18.3. The zero-order valence-electron chi connectivity index (χ0n) is 14.3. The number of carbonyl (C=O) groups is 2. The van der Waals surface area contributed by atoms with Crippen LogP contribution in [0.4, 0.5) is 0 Å². The van der Waals surface area contributed by atoms with Crippen LogP contribution in [0, 0.1) is 0 Å². The Bertz CT molecular complexity index is 731. The average molecular weight is 342 g/mol. The molecule has 0 aliphatic carbocycles. The molecule has 3 N–H and O–H groups in total. The molecule has 2 aromatic carbocycles. The SMILES string of the molecule is COc1ccc(C(N)=O)c(O[C@H](C)C(=O)NCCc2ccccc2)c1. The van der Waals surface area contributed by atoms with Crippen LogP contribution in [0.15, 0.2) is 48.5 Å². The van der Waals surface area contributed by atoms with Gasteiger partial charge in [-0.15, -0.1) is 0 Å². The van der Waals surface area contributed by atoms with Gasteiger partial charge in [-0.2, -0.15) is 0 Å². The van der Waals surface area contributed by atoms with Gasteiger partial charge in [0, 0.05) is 12.6 Å². The van der Waals surface area contributed by atoms with E-state index in [0.717, 1.165) is 12.0 Å². The zero-order chi connectivity index (χ0) is 18.2. The summed E-state index contributed by atoms with van der Waals surface area (Å²) in [5, 5.41) is 2.82. The van der Waals surface area contributed by atoms with Crippen molar-refractivity contribution in [3.8, 4) is 11.5 Å². The molecule has 0 aromatic heterocycles. The molecule has 2 aromatic rings. The quantitative estimate of drug-likeness (QED) is 0.767. The molecule has 0 saturated carbocycles. The smallest absolute Gasteiger partial charge is 0.260 e. The normalized spacial score (nSPS) is 11.4. The Balaban J connectivity index is 1.95. The molecule has 0 radical (unpaired) electrons.